The molecule has 1 radical (unpaired) electrons. The summed E-state index contributed by atoms with van der Waals surface area (Å²) in [4.78, 5) is 0. The van der Waals surface area contributed by atoms with E-state index in [4.69, 9.17) is 0 Å². The first-order chi connectivity index (χ1) is 8.09. The molecule has 0 atom stereocenters. The Balaban J connectivity index is 2.48. The molecule has 0 aromatic heterocycles. The number of hydrogen-bond acceptors (Lipinski definition) is 0. The summed E-state index contributed by atoms with van der Waals surface area (Å²) in [7, 11) is 0. The summed E-state index contributed by atoms with van der Waals surface area (Å²) < 4.78 is 36.5. The third-order valence-corrected chi connectivity index (χ3v) is 11.7. The van der Waals surface area contributed by atoms with E-state index < -0.39 is 26.4 Å². The van der Waals surface area contributed by atoms with Crippen LogP contribution in [0.2, 0.25) is 0 Å². The van der Waals surface area contributed by atoms with Crippen LogP contribution in [0.1, 0.15) is 0 Å². The van der Waals surface area contributed by atoms with Crippen molar-refractivity contribution in [1.82, 2.24) is 0 Å². The minimum absolute atomic E-state index is 0.483. The summed E-state index contributed by atoms with van der Waals surface area (Å²) in [6, 6.07) is 16.6. The molecular weight excluding hydrogens is 420 g/mol. The quantitative estimate of drug-likeness (QED) is 0.642. The standard InChI is InChI=1S/2C6H5.CF3.Pb/c2*1-2-4-6-5-3-1;2-1(3)4;/h2*1-5H;;. The molecule has 0 bridgehead atoms. The molecule has 2 rings (SSSR count). The van der Waals surface area contributed by atoms with E-state index >= 15 is 0 Å². The molecule has 0 aliphatic rings. The molecule has 0 N–H and O–H groups in total. The molecule has 2 aromatic carbocycles. The van der Waals surface area contributed by atoms with Gasteiger partial charge in [0.15, 0.2) is 0 Å². The van der Waals surface area contributed by atoms with Crippen molar-refractivity contribution in [2.45, 2.75) is 3.74 Å². The van der Waals surface area contributed by atoms with Crippen molar-refractivity contribution in [2.75, 3.05) is 0 Å². The summed E-state index contributed by atoms with van der Waals surface area (Å²) in [5.74, 6) is 0. The van der Waals surface area contributed by atoms with E-state index in [0.29, 0.717) is 6.25 Å². The zero-order valence-electron chi connectivity index (χ0n) is 8.91. The summed E-state index contributed by atoms with van der Waals surface area (Å²) in [6.07, 6.45) is 0. The molecule has 0 spiro atoms. The molecule has 4 heteroatoms. The van der Waals surface area contributed by atoms with Crippen LogP contribution in [0.15, 0.2) is 60.7 Å². The van der Waals surface area contributed by atoms with Crippen LogP contribution < -0.4 is 6.25 Å². The summed E-state index contributed by atoms with van der Waals surface area (Å²) in [5, 5.41) is 0. The van der Waals surface area contributed by atoms with Gasteiger partial charge in [0.05, 0.1) is 0 Å². The number of rotatable bonds is 2. The fraction of sp³-hybridized carbons (Fsp3) is 0.0769. The molecule has 17 heavy (non-hydrogen) atoms. The first kappa shape index (κ1) is 12.6. The number of alkyl halides is 3. The minimum atomic E-state index is -4.06. The van der Waals surface area contributed by atoms with Gasteiger partial charge in [-0.1, -0.05) is 0 Å². The van der Waals surface area contributed by atoms with Crippen LogP contribution in [-0.2, 0) is 0 Å². The molecule has 0 saturated carbocycles. The molecule has 0 nitrogen and oxygen atoms in total. The topological polar surface area (TPSA) is 0 Å². The van der Waals surface area contributed by atoms with Gasteiger partial charge in [-0.2, -0.15) is 0 Å². The van der Waals surface area contributed by atoms with E-state index in [1.807, 2.05) is 0 Å². The van der Waals surface area contributed by atoms with Gasteiger partial charge in [-0.05, 0) is 0 Å². The van der Waals surface area contributed by atoms with Gasteiger partial charge in [0.25, 0.3) is 0 Å². The summed E-state index contributed by atoms with van der Waals surface area (Å²) in [6.45, 7) is 0. The van der Waals surface area contributed by atoms with Crippen molar-refractivity contribution in [3.63, 3.8) is 0 Å². The van der Waals surface area contributed by atoms with Gasteiger partial charge in [0.1, 0.15) is 0 Å². The molecule has 0 aliphatic carbocycles. The first-order valence-electron chi connectivity index (χ1n) is 5.14. The molecular formula is C13H10F3Pb. The van der Waals surface area contributed by atoms with Crippen LogP contribution >= 0.6 is 0 Å². The van der Waals surface area contributed by atoms with E-state index in [2.05, 4.69) is 0 Å². The predicted octanol–water partition coefficient (Wildman–Crippen LogP) is 2.40. The Labute approximate surface area is 106 Å². The van der Waals surface area contributed by atoms with E-state index in [1.165, 1.54) is 0 Å². The molecule has 2 aromatic rings. The van der Waals surface area contributed by atoms with Gasteiger partial charge in [0, 0.05) is 0 Å². The monoisotopic (exact) mass is 431 g/mol. The maximum absolute atomic E-state index is 13.2. The van der Waals surface area contributed by atoms with Gasteiger partial charge in [-0.25, -0.2) is 0 Å². The first-order valence-corrected chi connectivity index (χ1v) is 11.0. The summed E-state index contributed by atoms with van der Waals surface area (Å²) in [5.41, 5.74) is 0. The molecule has 87 valence electrons. The normalized spacial score (nSPS) is 11.8. The van der Waals surface area contributed by atoms with Gasteiger partial charge in [-0.15, -0.1) is 0 Å². The van der Waals surface area contributed by atoms with Crippen LogP contribution in [0.3, 0.4) is 0 Å². The van der Waals surface area contributed by atoms with Crippen LogP contribution in [-0.4, -0.2) is 26.4 Å². The molecule has 0 aliphatic heterocycles. The Bertz CT molecular complexity index is 426. The van der Waals surface area contributed by atoms with Crippen LogP contribution in [0.4, 0.5) is 13.2 Å². The second kappa shape index (κ2) is 5.20. The van der Waals surface area contributed by atoms with Crippen molar-refractivity contribution < 1.29 is 13.2 Å². The van der Waals surface area contributed by atoms with Crippen LogP contribution in [0.25, 0.3) is 0 Å². The molecule has 0 fully saturated rings. The van der Waals surface area contributed by atoms with E-state index in [0.717, 1.165) is 0 Å². The second-order valence-corrected chi connectivity index (χ2v) is 13.2. The van der Waals surface area contributed by atoms with Crippen molar-refractivity contribution >= 4 is 28.9 Å². The van der Waals surface area contributed by atoms with Crippen molar-refractivity contribution in [3.8, 4) is 0 Å². The zero-order chi connectivity index (χ0) is 12.3. The average molecular weight is 430 g/mol. The fourth-order valence-corrected chi connectivity index (χ4v) is 9.63. The van der Waals surface area contributed by atoms with Crippen LogP contribution in [0, 0.1) is 0 Å². The summed E-state index contributed by atoms with van der Waals surface area (Å²) >= 11 is -3.99. The maximum atomic E-state index is 13.2. The fourth-order valence-electron chi connectivity index (χ4n) is 1.70. The van der Waals surface area contributed by atoms with Gasteiger partial charge in [0.2, 0.25) is 0 Å². The Morgan fingerprint density at radius 1 is 0.647 bits per heavy atom. The second-order valence-electron chi connectivity index (χ2n) is 3.60. The van der Waals surface area contributed by atoms with E-state index in [1.54, 1.807) is 60.7 Å². The van der Waals surface area contributed by atoms with Gasteiger partial charge in [-0.3, -0.25) is 0 Å². The number of benzene rings is 2. The van der Waals surface area contributed by atoms with Crippen molar-refractivity contribution in [3.05, 3.63) is 60.7 Å². The van der Waals surface area contributed by atoms with Crippen molar-refractivity contribution in [1.29, 1.82) is 0 Å². The number of halogens is 3. The Morgan fingerprint density at radius 2 is 1.00 bits per heavy atom. The Kier molecular flexibility index (Phi) is 3.86. The molecule has 0 amide bonds. The predicted molar refractivity (Wildman–Crippen MR) is 64.0 cm³/mol. The molecule has 0 heterocycles. The molecule has 0 unspecified atom stereocenters. The average Bonchev–Trinajstić information content (AvgIpc) is 2.30. The van der Waals surface area contributed by atoms with Gasteiger partial charge < -0.3 is 0 Å². The van der Waals surface area contributed by atoms with E-state index in [-0.39, 0.29) is 0 Å². The third-order valence-electron chi connectivity index (χ3n) is 2.41. The zero-order valence-corrected chi connectivity index (χ0v) is 12.8. The molecule has 0 saturated heterocycles. The SMILES string of the molecule is F[C](F)(F)[Pb]([c]1ccccc1)[c]1ccccc1. The third kappa shape index (κ3) is 3.08. The van der Waals surface area contributed by atoms with Gasteiger partial charge >= 0.3 is 107 Å². The van der Waals surface area contributed by atoms with Crippen LogP contribution in [0.5, 0.6) is 0 Å². The Morgan fingerprint density at radius 3 is 1.29 bits per heavy atom. The Hall–Kier alpha value is -0.848. The van der Waals surface area contributed by atoms with Crippen molar-refractivity contribution in [2.24, 2.45) is 0 Å². The number of hydrogen-bond donors (Lipinski definition) is 0. The van der Waals surface area contributed by atoms with E-state index in [9.17, 15) is 13.2 Å².